The molecular weight excluding hydrogens is 334 g/mol. The summed E-state index contributed by atoms with van der Waals surface area (Å²) < 4.78 is 0. The molecule has 26 heavy (non-hydrogen) atoms. The van der Waals surface area contributed by atoms with E-state index < -0.39 is 11.4 Å². The first-order chi connectivity index (χ1) is 12.5. The maximum absolute atomic E-state index is 12.6. The lowest BCUT2D eigenvalue weighted by atomic mass is 9.81. The van der Waals surface area contributed by atoms with Crippen LogP contribution in [0.5, 0.6) is 0 Å². The van der Waals surface area contributed by atoms with E-state index >= 15 is 0 Å². The number of amides is 1. The van der Waals surface area contributed by atoms with Crippen LogP contribution in [0.2, 0.25) is 0 Å². The Bertz CT molecular complexity index is 847. The van der Waals surface area contributed by atoms with Crippen molar-refractivity contribution < 1.29 is 14.7 Å². The molecule has 0 radical (unpaired) electrons. The minimum Gasteiger partial charge on any atom is -0.481 e. The number of aromatic nitrogens is 4. The molecule has 1 aromatic heterocycles. The van der Waals surface area contributed by atoms with Gasteiger partial charge in [-0.3, -0.25) is 9.59 Å². The lowest BCUT2D eigenvalue weighted by Gasteiger charge is -2.23. The number of hydrogen-bond acceptors (Lipinski definition) is 5. The second kappa shape index (κ2) is 6.19. The fourth-order valence-electron chi connectivity index (χ4n) is 4.18. The van der Waals surface area contributed by atoms with Crippen molar-refractivity contribution in [1.82, 2.24) is 25.1 Å². The van der Waals surface area contributed by atoms with E-state index in [0.29, 0.717) is 18.8 Å². The average Bonchev–Trinajstić information content (AvgIpc) is 3.29. The van der Waals surface area contributed by atoms with E-state index in [9.17, 15) is 14.7 Å². The van der Waals surface area contributed by atoms with Crippen LogP contribution in [-0.4, -0.2) is 55.2 Å². The summed E-state index contributed by atoms with van der Waals surface area (Å²) in [6.45, 7) is 2.76. The maximum Gasteiger partial charge on any atom is 0.311 e. The summed E-state index contributed by atoms with van der Waals surface area (Å²) in [5.41, 5.74) is 1.22. The molecule has 1 aromatic carbocycles. The van der Waals surface area contributed by atoms with Crippen LogP contribution < -0.4 is 0 Å². The van der Waals surface area contributed by atoms with Crippen molar-refractivity contribution in [2.24, 2.45) is 11.3 Å². The predicted molar refractivity (Wildman–Crippen MR) is 92.0 cm³/mol. The zero-order valence-corrected chi connectivity index (χ0v) is 14.6. The van der Waals surface area contributed by atoms with Crippen molar-refractivity contribution in [3.05, 3.63) is 29.8 Å². The number of carbonyl (C=O) groups is 2. The molecule has 0 unspecified atom stereocenters. The normalized spacial score (nSPS) is 24.7. The van der Waals surface area contributed by atoms with Crippen molar-refractivity contribution >= 4 is 11.9 Å². The van der Waals surface area contributed by atoms with E-state index in [-0.39, 0.29) is 24.9 Å². The number of benzene rings is 1. The molecule has 1 saturated carbocycles. The molecule has 0 bridgehead atoms. The summed E-state index contributed by atoms with van der Waals surface area (Å²) in [5, 5.41) is 21.9. The van der Waals surface area contributed by atoms with Gasteiger partial charge in [0.05, 0.1) is 5.41 Å². The number of aliphatic carboxylic acids is 1. The summed E-state index contributed by atoms with van der Waals surface area (Å²) in [6.07, 6.45) is 2.44. The maximum atomic E-state index is 12.6. The average molecular weight is 355 g/mol. The lowest BCUT2D eigenvalue weighted by Crippen LogP contribution is -2.38. The van der Waals surface area contributed by atoms with E-state index in [1.54, 1.807) is 4.90 Å². The molecule has 2 aromatic rings. The highest BCUT2D eigenvalue weighted by Gasteiger charge is 2.55. The highest BCUT2D eigenvalue weighted by atomic mass is 16.4. The van der Waals surface area contributed by atoms with E-state index in [1.807, 2.05) is 31.2 Å². The van der Waals surface area contributed by atoms with Gasteiger partial charge in [0.2, 0.25) is 11.7 Å². The standard InChI is InChI=1S/C18H21N5O3/c1-12-4-6-13(7-5-12)16-19-21-23(20-16)10-15(24)22-9-14-3-2-8-18(14,11-22)17(25)26/h4-7,14H,2-3,8-11H2,1H3,(H,25,26)/t14-,18+/m0/s1. The summed E-state index contributed by atoms with van der Waals surface area (Å²) in [5.74, 6) is -0.419. The summed E-state index contributed by atoms with van der Waals surface area (Å²) in [4.78, 5) is 27.3. The van der Waals surface area contributed by atoms with Crippen molar-refractivity contribution in [3.8, 4) is 11.4 Å². The highest BCUT2D eigenvalue weighted by Crippen LogP contribution is 2.48. The molecule has 1 amide bonds. The van der Waals surface area contributed by atoms with Gasteiger partial charge < -0.3 is 10.0 Å². The second-order valence-corrected chi connectivity index (χ2v) is 7.33. The quantitative estimate of drug-likeness (QED) is 0.889. The molecule has 1 saturated heterocycles. The van der Waals surface area contributed by atoms with Crippen molar-refractivity contribution in [2.45, 2.75) is 32.7 Å². The number of rotatable bonds is 4. The molecular formula is C18H21N5O3. The Morgan fingerprint density at radius 1 is 1.31 bits per heavy atom. The Morgan fingerprint density at radius 2 is 2.08 bits per heavy atom. The molecule has 2 heterocycles. The minimum absolute atomic E-state index is 0.0265. The molecule has 0 spiro atoms. The van der Waals surface area contributed by atoms with Gasteiger partial charge in [-0.25, -0.2) is 0 Å². The van der Waals surface area contributed by atoms with Gasteiger partial charge in [0.1, 0.15) is 6.54 Å². The predicted octanol–water partition coefficient (Wildman–Crippen LogP) is 1.36. The topological polar surface area (TPSA) is 101 Å². The molecule has 1 aliphatic carbocycles. The van der Waals surface area contributed by atoms with Crippen LogP contribution in [0.15, 0.2) is 24.3 Å². The van der Waals surface area contributed by atoms with Crippen LogP contribution in [0.1, 0.15) is 24.8 Å². The van der Waals surface area contributed by atoms with Crippen LogP contribution in [0.3, 0.4) is 0 Å². The molecule has 1 N–H and O–H groups in total. The Hall–Kier alpha value is -2.77. The smallest absolute Gasteiger partial charge is 0.311 e. The molecule has 8 heteroatoms. The molecule has 2 fully saturated rings. The number of aryl methyl sites for hydroxylation is 1. The van der Waals surface area contributed by atoms with Crippen molar-refractivity contribution in [3.63, 3.8) is 0 Å². The molecule has 1 aliphatic heterocycles. The lowest BCUT2D eigenvalue weighted by molar-refractivity contribution is -0.149. The van der Waals surface area contributed by atoms with Gasteiger partial charge in [-0.2, -0.15) is 4.80 Å². The van der Waals surface area contributed by atoms with Crippen LogP contribution in [0, 0.1) is 18.3 Å². The first-order valence-electron chi connectivity index (χ1n) is 8.84. The van der Waals surface area contributed by atoms with E-state index in [1.165, 1.54) is 4.80 Å². The molecule has 2 aliphatic rings. The summed E-state index contributed by atoms with van der Waals surface area (Å²) >= 11 is 0. The third-order valence-corrected chi connectivity index (χ3v) is 5.69. The third-order valence-electron chi connectivity index (χ3n) is 5.69. The number of carbonyl (C=O) groups excluding carboxylic acids is 1. The molecule has 2 atom stereocenters. The zero-order chi connectivity index (χ0) is 18.3. The monoisotopic (exact) mass is 355 g/mol. The number of likely N-dealkylation sites (tertiary alicyclic amines) is 1. The van der Waals surface area contributed by atoms with Crippen molar-refractivity contribution in [2.75, 3.05) is 13.1 Å². The Kier molecular flexibility index (Phi) is 3.97. The second-order valence-electron chi connectivity index (χ2n) is 7.33. The van der Waals surface area contributed by atoms with Gasteiger partial charge >= 0.3 is 5.97 Å². The van der Waals surface area contributed by atoms with E-state index in [4.69, 9.17) is 0 Å². The number of carboxylic acid groups (broad SMARTS) is 1. The SMILES string of the molecule is Cc1ccc(-c2nnn(CC(=O)N3C[C@@H]4CCC[C@@]4(C(=O)O)C3)n2)cc1. The number of nitrogens with zero attached hydrogens (tertiary/aromatic N) is 5. The number of hydrogen-bond donors (Lipinski definition) is 1. The fourth-order valence-corrected chi connectivity index (χ4v) is 4.18. The number of tetrazole rings is 1. The van der Waals surface area contributed by atoms with Gasteiger partial charge in [0, 0.05) is 18.7 Å². The van der Waals surface area contributed by atoms with Gasteiger partial charge in [-0.1, -0.05) is 36.2 Å². The number of fused-ring (bicyclic) bond motifs is 1. The van der Waals surface area contributed by atoms with Crippen LogP contribution in [0.4, 0.5) is 0 Å². The van der Waals surface area contributed by atoms with E-state index in [2.05, 4.69) is 15.4 Å². The van der Waals surface area contributed by atoms with Gasteiger partial charge in [-0.05, 0) is 30.9 Å². The van der Waals surface area contributed by atoms with Gasteiger partial charge in [-0.15, -0.1) is 10.2 Å². The molecule has 8 nitrogen and oxygen atoms in total. The Labute approximate surface area is 150 Å². The minimum atomic E-state index is -0.782. The van der Waals surface area contributed by atoms with Crippen molar-refractivity contribution in [1.29, 1.82) is 0 Å². The molecule has 136 valence electrons. The third kappa shape index (κ3) is 2.75. The van der Waals surface area contributed by atoms with Crippen LogP contribution in [-0.2, 0) is 16.1 Å². The fraction of sp³-hybridized carbons (Fsp3) is 0.500. The van der Waals surface area contributed by atoms with Gasteiger partial charge in [0.15, 0.2) is 0 Å². The zero-order valence-electron chi connectivity index (χ0n) is 14.6. The Balaban J connectivity index is 1.45. The largest absolute Gasteiger partial charge is 0.481 e. The van der Waals surface area contributed by atoms with Crippen LogP contribution >= 0.6 is 0 Å². The first kappa shape index (κ1) is 16.7. The van der Waals surface area contributed by atoms with Gasteiger partial charge in [0.25, 0.3) is 0 Å². The summed E-state index contributed by atoms with van der Waals surface area (Å²) in [7, 11) is 0. The summed E-state index contributed by atoms with van der Waals surface area (Å²) in [6, 6.07) is 7.76. The Morgan fingerprint density at radius 3 is 2.77 bits per heavy atom. The molecule has 4 rings (SSSR count). The van der Waals surface area contributed by atoms with E-state index in [0.717, 1.165) is 24.0 Å². The number of carboxylic acids is 1. The highest BCUT2D eigenvalue weighted by molar-refractivity contribution is 5.81. The van der Waals surface area contributed by atoms with Crippen LogP contribution in [0.25, 0.3) is 11.4 Å². The first-order valence-corrected chi connectivity index (χ1v) is 8.84.